The maximum Gasteiger partial charge on any atom is 0.371 e. The first-order chi connectivity index (χ1) is 4.95. The van der Waals surface area contributed by atoms with Gasteiger partial charge in [-0.15, -0.1) is 6.42 Å². The standard InChI is InChI=1S/C8H10O2Si/c1-5-6-7-8(9)10-11(2,3)4/h1H,2-4H3. The van der Waals surface area contributed by atoms with Crippen molar-refractivity contribution in [2.24, 2.45) is 0 Å². The van der Waals surface area contributed by atoms with E-state index in [0.717, 1.165) is 0 Å². The summed E-state index contributed by atoms with van der Waals surface area (Å²) in [6.45, 7) is 5.72. The Morgan fingerprint density at radius 3 is 2.36 bits per heavy atom. The zero-order chi connectivity index (χ0) is 8.91. The van der Waals surface area contributed by atoms with Crippen LogP contribution in [0.1, 0.15) is 0 Å². The molecular weight excluding hydrogens is 156 g/mol. The predicted octanol–water partition coefficient (Wildman–Crippen LogP) is 1.00. The van der Waals surface area contributed by atoms with Crippen molar-refractivity contribution >= 4 is 14.3 Å². The van der Waals surface area contributed by atoms with Crippen LogP contribution in [0.3, 0.4) is 0 Å². The minimum Gasteiger partial charge on any atom is -0.511 e. The molecule has 0 aliphatic carbocycles. The first kappa shape index (κ1) is 9.81. The highest BCUT2D eigenvalue weighted by Gasteiger charge is 2.18. The minimum atomic E-state index is -1.79. The van der Waals surface area contributed by atoms with Crippen LogP contribution in [0.2, 0.25) is 19.6 Å². The van der Waals surface area contributed by atoms with Crippen LogP contribution in [0, 0.1) is 24.2 Å². The fourth-order valence-electron chi connectivity index (χ4n) is 0.391. The van der Waals surface area contributed by atoms with Crippen LogP contribution < -0.4 is 0 Å². The number of terminal acetylenes is 1. The van der Waals surface area contributed by atoms with Crippen molar-refractivity contribution in [3.05, 3.63) is 0 Å². The van der Waals surface area contributed by atoms with Gasteiger partial charge in [-0.25, -0.2) is 4.79 Å². The number of carbonyl (C=O) groups excluding carboxylic acids is 1. The van der Waals surface area contributed by atoms with E-state index in [-0.39, 0.29) is 0 Å². The van der Waals surface area contributed by atoms with Gasteiger partial charge in [-0.05, 0) is 31.5 Å². The quantitative estimate of drug-likeness (QED) is 0.429. The van der Waals surface area contributed by atoms with Crippen molar-refractivity contribution in [3.8, 4) is 24.2 Å². The van der Waals surface area contributed by atoms with Gasteiger partial charge in [-0.1, -0.05) is 0 Å². The Morgan fingerprint density at radius 1 is 1.45 bits per heavy atom. The van der Waals surface area contributed by atoms with Crippen LogP contribution in [0.4, 0.5) is 0 Å². The summed E-state index contributed by atoms with van der Waals surface area (Å²) in [6.07, 6.45) is 4.82. The minimum absolute atomic E-state index is 0.526. The summed E-state index contributed by atoms with van der Waals surface area (Å²) in [5, 5.41) is 0. The van der Waals surface area contributed by atoms with Gasteiger partial charge in [-0.3, -0.25) is 0 Å². The average molecular weight is 166 g/mol. The molecule has 0 aliphatic heterocycles. The van der Waals surface area contributed by atoms with E-state index >= 15 is 0 Å². The maximum atomic E-state index is 10.8. The third kappa shape index (κ3) is 6.70. The molecule has 0 aliphatic rings. The molecule has 0 heterocycles. The van der Waals surface area contributed by atoms with Gasteiger partial charge in [-0.2, -0.15) is 0 Å². The second-order valence-electron chi connectivity index (χ2n) is 2.90. The summed E-state index contributed by atoms with van der Waals surface area (Å²) >= 11 is 0. The number of carbonyl (C=O) groups is 1. The molecule has 11 heavy (non-hydrogen) atoms. The van der Waals surface area contributed by atoms with Crippen molar-refractivity contribution in [2.75, 3.05) is 0 Å². The third-order valence-electron chi connectivity index (χ3n) is 0.636. The van der Waals surface area contributed by atoms with Crippen LogP contribution in [-0.4, -0.2) is 14.3 Å². The summed E-state index contributed by atoms with van der Waals surface area (Å²) in [7, 11) is -1.79. The van der Waals surface area contributed by atoms with Crippen LogP contribution in [0.5, 0.6) is 0 Å². The molecule has 0 rings (SSSR count). The summed E-state index contributed by atoms with van der Waals surface area (Å²) in [4.78, 5) is 10.8. The Bertz CT molecular complexity index is 244. The summed E-state index contributed by atoms with van der Waals surface area (Å²) in [6, 6.07) is 0. The maximum absolute atomic E-state index is 10.8. The molecule has 3 heteroatoms. The SMILES string of the molecule is C#CC#CC(=O)O[Si](C)(C)C. The molecular formula is C8H10O2Si. The van der Waals surface area contributed by atoms with Crippen LogP contribution in [0.15, 0.2) is 0 Å². The highest BCUT2D eigenvalue weighted by Crippen LogP contribution is 2.01. The second-order valence-corrected chi connectivity index (χ2v) is 7.33. The topological polar surface area (TPSA) is 26.3 Å². The summed E-state index contributed by atoms with van der Waals surface area (Å²) < 4.78 is 4.97. The highest BCUT2D eigenvalue weighted by molar-refractivity contribution is 6.71. The molecule has 0 unspecified atom stereocenters. The smallest absolute Gasteiger partial charge is 0.371 e. The number of hydrogen-bond acceptors (Lipinski definition) is 2. The largest absolute Gasteiger partial charge is 0.511 e. The first-order valence-electron chi connectivity index (χ1n) is 3.15. The lowest BCUT2D eigenvalue weighted by Gasteiger charge is -2.13. The van der Waals surface area contributed by atoms with E-state index in [2.05, 4.69) is 11.8 Å². The highest BCUT2D eigenvalue weighted by atomic mass is 28.4. The predicted molar refractivity (Wildman–Crippen MR) is 46.0 cm³/mol. The van der Waals surface area contributed by atoms with Gasteiger partial charge >= 0.3 is 5.97 Å². The molecule has 0 aromatic heterocycles. The summed E-state index contributed by atoms with van der Waals surface area (Å²) in [5.41, 5.74) is 0. The lowest BCUT2D eigenvalue weighted by molar-refractivity contribution is -0.128. The molecule has 0 spiro atoms. The van der Waals surface area contributed by atoms with Crippen molar-refractivity contribution in [1.29, 1.82) is 0 Å². The van der Waals surface area contributed by atoms with Crippen molar-refractivity contribution in [3.63, 3.8) is 0 Å². The van der Waals surface area contributed by atoms with Gasteiger partial charge in [0.2, 0.25) is 8.32 Å². The van der Waals surface area contributed by atoms with E-state index in [1.165, 1.54) is 0 Å². The molecule has 0 saturated heterocycles. The van der Waals surface area contributed by atoms with Gasteiger partial charge in [0.05, 0.1) is 0 Å². The van der Waals surface area contributed by atoms with E-state index in [9.17, 15) is 4.79 Å². The molecule has 0 aromatic rings. The number of hydrogen-bond donors (Lipinski definition) is 0. The molecule has 0 atom stereocenters. The molecule has 0 radical (unpaired) electrons. The van der Waals surface area contributed by atoms with Crippen molar-refractivity contribution < 1.29 is 9.22 Å². The Hall–Kier alpha value is -1.19. The zero-order valence-corrected chi connectivity index (χ0v) is 7.89. The van der Waals surface area contributed by atoms with E-state index in [1.807, 2.05) is 25.6 Å². The van der Waals surface area contributed by atoms with E-state index in [4.69, 9.17) is 10.8 Å². The van der Waals surface area contributed by atoms with Gasteiger partial charge in [0.25, 0.3) is 0 Å². The molecule has 0 aromatic carbocycles. The molecule has 0 saturated carbocycles. The zero-order valence-electron chi connectivity index (χ0n) is 6.89. The Morgan fingerprint density at radius 2 is 2.00 bits per heavy atom. The first-order valence-corrected chi connectivity index (χ1v) is 6.56. The van der Waals surface area contributed by atoms with Crippen molar-refractivity contribution in [1.82, 2.24) is 0 Å². The molecule has 58 valence electrons. The monoisotopic (exact) mass is 166 g/mol. The summed E-state index contributed by atoms with van der Waals surface area (Å²) in [5.74, 6) is 5.88. The van der Waals surface area contributed by atoms with E-state index in [1.54, 1.807) is 0 Å². The Balaban J connectivity index is 4.02. The number of rotatable bonds is 1. The molecule has 0 bridgehead atoms. The molecule has 0 fully saturated rings. The fourth-order valence-corrected chi connectivity index (χ4v) is 0.998. The lowest BCUT2D eigenvalue weighted by atomic mass is 10.6. The van der Waals surface area contributed by atoms with Gasteiger partial charge in [0.15, 0.2) is 0 Å². The lowest BCUT2D eigenvalue weighted by Crippen LogP contribution is -2.28. The normalized spacial score (nSPS) is 8.91. The van der Waals surface area contributed by atoms with E-state index < -0.39 is 14.3 Å². The second kappa shape index (κ2) is 3.85. The fraction of sp³-hybridized carbons (Fsp3) is 0.375. The molecule has 0 amide bonds. The van der Waals surface area contributed by atoms with E-state index in [0.29, 0.717) is 0 Å². The average Bonchev–Trinajstić information content (AvgIpc) is 1.79. The van der Waals surface area contributed by atoms with Gasteiger partial charge < -0.3 is 4.43 Å². The Labute approximate surface area is 68.1 Å². The molecule has 2 nitrogen and oxygen atoms in total. The van der Waals surface area contributed by atoms with Crippen LogP contribution in [-0.2, 0) is 9.22 Å². The molecule has 0 N–H and O–H groups in total. The van der Waals surface area contributed by atoms with Crippen LogP contribution in [0.25, 0.3) is 0 Å². The van der Waals surface area contributed by atoms with Gasteiger partial charge in [0.1, 0.15) is 0 Å². The van der Waals surface area contributed by atoms with Crippen molar-refractivity contribution in [2.45, 2.75) is 19.6 Å². The van der Waals surface area contributed by atoms with Gasteiger partial charge in [0, 0.05) is 5.92 Å². The Kier molecular flexibility index (Phi) is 3.43. The third-order valence-corrected chi connectivity index (χ3v) is 1.43. The van der Waals surface area contributed by atoms with Crippen LogP contribution >= 0.6 is 0 Å².